The third kappa shape index (κ3) is 6.71. The van der Waals surface area contributed by atoms with Crippen molar-refractivity contribution in [2.24, 2.45) is 17.8 Å². The van der Waals surface area contributed by atoms with E-state index < -0.39 is 0 Å². The summed E-state index contributed by atoms with van der Waals surface area (Å²) >= 11 is 0. The molecule has 0 amide bonds. The predicted octanol–water partition coefficient (Wildman–Crippen LogP) is 4.68. The lowest BCUT2D eigenvalue weighted by molar-refractivity contribution is -0.152. The third-order valence-electron chi connectivity index (χ3n) is 7.48. The van der Waals surface area contributed by atoms with Gasteiger partial charge in [0.1, 0.15) is 11.9 Å². The highest BCUT2D eigenvalue weighted by molar-refractivity contribution is 5.71. The Morgan fingerprint density at radius 3 is 2.75 bits per heavy atom. The van der Waals surface area contributed by atoms with Gasteiger partial charge in [0.15, 0.2) is 6.61 Å². The van der Waals surface area contributed by atoms with Crippen LogP contribution >= 0.6 is 0 Å². The second-order valence-corrected chi connectivity index (χ2v) is 10.2. The highest BCUT2D eigenvalue weighted by Gasteiger charge is 2.40. The SMILES string of the molecule is CCCCCC(O)CNC1CCC2Cc3c(cccc3OCC(=O)OC(C)C(C)C)CC21. The normalized spacial score (nSPS) is 24.0. The maximum Gasteiger partial charge on any atom is 0.344 e. The van der Waals surface area contributed by atoms with E-state index in [4.69, 9.17) is 9.47 Å². The van der Waals surface area contributed by atoms with Gasteiger partial charge in [-0.3, -0.25) is 0 Å². The summed E-state index contributed by atoms with van der Waals surface area (Å²) in [7, 11) is 0. The molecule has 1 aromatic rings. The summed E-state index contributed by atoms with van der Waals surface area (Å²) in [5.41, 5.74) is 2.60. The zero-order chi connectivity index (χ0) is 23.1. The quantitative estimate of drug-likeness (QED) is 0.361. The lowest BCUT2D eigenvalue weighted by Crippen LogP contribution is -2.41. The van der Waals surface area contributed by atoms with Crippen LogP contribution in [-0.4, -0.2) is 42.5 Å². The molecule has 0 radical (unpaired) electrons. The van der Waals surface area contributed by atoms with Crippen LogP contribution in [0, 0.1) is 17.8 Å². The van der Waals surface area contributed by atoms with Crippen LogP contribution in [0.4, 0.5) is 0 Å². The molecule has 180 valence electrons. The molecule has 2 N–H and O–H groups in total. The molecular weight excluding hydrogens is 402 g/mol. The molecule has 5 nitrogen and oxygen atoms in total. The number of hydrogen-bond donors (Lipinski definition) is 2. The Bertz CT molecular complexity index is 734. The summed E-state index contributed by atoms with van der Waals surface area (Å²) in [6.45, 7) is 8.85. The van der Waals surface area contributed by atoms with Crippen molar-refractivity contribution in [2.75, 3.05) is 13.2 Å². The van der Waals surface area contributed by atoms with Crippen molar-refractivity contribution >= 4 is 5.97 Å². The fourth-order valence-electron chi connectivity index (χ4n) is 5.19. The highest BCUT2D eigenvalue weighted by Crippen LogP contribution is 2.43. The van der Waals surface area contributed by atoms with Gasteiger partial charge in [0.2, 0.25) is 0 Å². The fraction of sp³-hybridized carbons (Fsp3) is 0.741. The van der Waals surface area contributed by atoms with E-state index >= 15 is 0 Å². The van der Waals surface area contributed by atoms with E-state index in [0.717, 1.165) is 31.4 Å². The molecule has 0 heterocycles. The van der Waals surface area contributed by atoms with Gasteiger partial charge in [0.05, 0.1) is 6.10 Å². The molecule has 2 aliphatic rings. The molecule has 1 aromatic carbocycles. The Hall–Kier alpha value is -1.59. The van der Waals surface area contributed by atoms with Crippen molar-refractivity contribution in [3.05, 3.63) is 29.3 Å². The van der Waals surface area contributed by atoms with E-state index in [0.29, 0.717) is 30.3 Å². The minimum atomic E-state index is -0.305. The first-order valence-corrected chi connectivity index (χ1v) is 12.7. The highest BCUT2D eigenvalue weighted by atomic mass is 16.6. The van der Waals surface area contributed by atoms with Crippen molar-refractivity contribution < 1.29 is 19.4 Å². The molecule has 2 aliphatic carbocycles. The predicted molar refractivity (Wildman–Crippen MR) is 128 cm³/mol. The first-order chi connectivity index (χ1) is 15.4. The molecule has 3 rings (SSSR count). The molecule has 1 fully saturated rings. The summed E-state index contributed by atoms with van der Waals surface area (Å²) in [6, 6.07) is 6.69. The first kappa shape index (κ1) is 25.0. The van der Waals surface area contributed by atoms with Gasteiger partial charge in [0.25, 0.3) is 0 Å². The van der Waals surface area contributed by atoms with Gasteiger partial charge >= 0.3 is 5.97 Å². The number of ether oxygens (including phenoxy) is 2. The Labute approximate surface area is 194 Å². The van der Waals surface area contributed by atoms with Crippen molar-refractivity contribution in [3.8, 4) is 5.75 Å². The number of carbonyl (C=O) groups excluding carboxylic acids is 1. The molecule has 5 heteroatoms. The number of rotatable bonds is 12. The number of benzene rings is 1. The van der Waals surface area contributed by atoms with E-state index in [1.807, 2.05) is 32.9 Å². The van der Waals surface area contributed by atoms with Crippen molar-refractivity contribution in [1.29, 1.82) is 0 Å². The summed E-state index contributed by atoms with van der Waals surface area (Å²) in [5.74, 6) is 2.06. The molecule has 0 aliphatic heterocycles. The summed E-state index contributed by atoms with van der Waals surface area (Å²) in [4.78, 5) is 12.2. The van der Waals surface area contributed by atoms with E-state index in [1.54, 1.807) is 0 Å². The number of carbonyl (C=O) groups is 1. The average Bonchev–Trinajstić information content (AvgIpc) is 3.16. The third-order valence-corrected chi connectivity index (χ3v) is 7.48. The number of nitrogens with one attached hydrogen (secondary N) is 1. The van der Waals surface area contributed by atoms with E-state index in [9.17, 15) is 9.90 Å². The van der Waals surface area contributed by atoms with Crippen LogP contribution in [0.1, 0.15) is 77.3 Å². The summed E-state index contributed by atoms with van der Waals surface area (Å²) < 4.78 is 11.4. The number of esters is 1. The second-order valence-electron chi connectivity index (χ2n) is 10.2. The topological polar surface area (TPSA) is 67.8 Å². The Morgan fingerprint density at radius 2 is 2.00 bits per heavy atom. The zero-order valence-corrected chi connectivity index (χ0v) is 20.4. The average molecular weight is 446 g/mol. The zero-order valence-electron chi connectivity index (χ0n) is 20.4. The second kappa shape index (κ2) is 12.0. The smallest absolute Gasteiger partial charge is 0.344 e. The summed E-state index contributed by atoms with van der Waals surface area (Å²) in [5, 5.41) is 14.0. The molecule has 0 aromatic heterocycles. The lowest BCUT2D eigenvalue weighted by Gasteiger charge is -2.33. The largest absolute Gasteiger partial charge is 0.482 e. The number of hydrogen-bond acceptors (Lipinski definition) is 5. The van der Waals surface area contributed by atoms with Gasteiger partial charge in [-0.25, -0.2) is 4.79 Å². The number of aliphatic hydroxyl groups excluding tert-OH is 1. The van der Waals surface area contributed by atoms with E-state index in [-0.39, 0.29) is 24.8 Å². The lowest BCUT2D eigenvalue weighted by atomic mass is 9.76. The number of aliphatic hydroxyl groups is 1. The first-order valence-electron chi connectivity index (χ1n) is 12.7. The van der Waals surface area contributed by atoms with E-state index in [1.165, 1.54) is 36.8 Å². The van der Waals surface area contributed by atoms with Crippen LogP contribution in [0.15, 0.2) is 18.2 Å². The molecule has 0 saturated heterocycles. The van der Waals surface area contributed by atoms with Gasteiger partial charge in [-0.05, 0) is 74.0 Å². The molecule has 1 saturated carbocycles. The minimum absolute atomic E-state index is 0.0400. The molecule has 0 bridgehead atoms. The van der Waals surface area contributed by atoms with Gasteiger partial charge in [-0.15, -0.1) is 0 Å². The molecule has 5 unspecified atom stereocenters. The van der Waals surface area contributed by atoms with Crippen LogP contribution in [-0.2, 0) is 22.4 Å². The Balaban J connectivity index is 1.54. The molecule has 32 heavy (non-hydrogen) atoms. The van der Waals surface area contributed by atoms with Crippen molar-refractivity contribution in [3.63, 3.8) is 0 Å². The number of unbranched alkanes of at least 4 members (excludes halogenated alkanes) is 2. The van der Waals surface area contributed by atoms with Crippen molar-refractivity contribution in [2.45, 2.75) is 97.3 Å². The van der Waals surface area contributed by atoms with Crippen LogP contribution in [0.2, 0.25) is 0 Å². The Kier molecular flexibility index (Phi) is 9.42. The van der Waals surface area contributed by atoms with Gasteiger partial charge < -0.3 is 19.9 Å². The van der Waals surface area contributed by atoms with E-state index in [2.05, 4.69) is 18.3 Å². The molecule has 0 spiro atoms. The fourth-order valence-corrected chi connectivity index (χ4v) is 5.19. The van der Waals surface area contributed by atoms with Crippen LogP contribution in [0.5, 0.6) is 5.75 Å². The van der Waals surface area contributed by atoms with Crippen LogP contribution in [0.25, 0.3) is 0 Å². The Morgan fingerprint density at radius 1 is 1.19 bits per heavy atom. The standard InChI is InChI=1S/C27H43NO4/c1-5-6-7-10-22(29)16-28-25-13-12-21-15-24-20(14-23(21)25)9-8-11-26(24)31-17-27(30)32-19(4)18(2)3/h8-9,11,18-19,21-23,25,28-29H,5-7,10,12-17H2,1-4H3. The maximum absolute atomic E-state index is 12.2. The molecular formula is C27H43NO4. The minimum Gasteiger partial charge on any atom is -0.482 e. The monoisotopic (exact) mass is 445 g/mol. The maximum atomic E-state index is 12.2. The molecule has 5 atom stereocenters. The van der Waals surface area contributed by atoms with Crippen molar-refractivity contribution in [1.82, 2.24) is 5.32 Å². The van der Waals surface area contributed by atoms with Gasteiger partial charge in [0, 0.05) is 12.6 Å². The van der Waals surface area contributed by atoms with Gasteiger partial charge in [-0.2, -0.15) is 0 Å². The summed E-state index contributed by atoms with van der Waals surface area (Å²) in [6.07, 6.45) is 8.45. The van der Waals surface area contributed by atoms with Gasteiger partial charge in [-0.1, -0.05) is 52.2 Å². The van der Waals surface area contributed by atoms with Crippen LogP contribution < -0.4 is 10.1 Å². The van der Waals surface area contributed by atoms with Crippen LogP contribution in [0.3, 0.4) is 0 Å². The number of fused-ring (bicyclic) bond motifs is 2.